The van der Waals surface area contributed by atoms with E-state index < -0.39 is 0 Å². The topological polar surface area (TPSA) is 41.9 Å². The van der Waals surface area contributed by atoms with E-state index >= 15 is 0 Å². The second-order valence-corrected chi connectivity index (χ2v) is 5.99. The van der Waals surface area contributed by atoms with Crippen molar-refractivity contribution in [1.29, 1.82) is 0 Å². The van der Waals surface area contributed by atoms with Crippen molar-refractivity contribution in [2.75, 3.05) is 11.9 Å². The minimum absolute atomic E-state index is 0.201. The summed E-state index contributed by atoms with van der Waals surface area (Å²) in [6.07, 6.45) is 0. The summed E-state index contributed by atoms with van der Waals surface area (Å²) < 4.78 is 15.8. The average Bonchev–Trinajstić information content (AvgIpc) is 2.77. The van der Waals surface area contributed by atoms with Crippen LogP contribution in [0.2, 0.25) is 0 Å². The Morgan fingerprint density at radius 2 is 2.20 bits per heavy atom. The Morgan fingerprint density at radius 1 is 1.35 bits per heavy atom. The molecule has 0 spiro atoms. The van der Waals surface area contributed by atoms with Crippen molar-refractivity contribution in [3.8, 4) is 11.3 Å². The van der Waals surface area contributed by atoms with Gasteiger partial charge < -0.3 is 15.2 Å². The lowest BCUT2D eigenvalue weighted by Crippen LogP contribution is -2.35. The maximum Gasteiger partial charge on any atom is 0.135 e. The highest BCUT2D eigenvalue weighted by atomic mass is 19.1. The molecule has 2 aliphatic rings. The highest BCUT2D eigenvalue weighted by molar-refractivity contribution is 5.80. The van der Waals surface area contributed by atoms with Gasteiger partial charge in [0.15, 0.2) is 0 Å². The quantitative estimate of drug-likeness (QED) is 0.774. The third-order valence-corrected chi connectivity index (χ3v) is 4.18. The van der Waals surface area contributed by atoms with Crippen molar-refractivity contribution in [2.45, 2.75) is 32.5 Å². The normalized spacial score (nSPS) is 18.8. The zero-order valence-electron chi connectivity index (χ0n) is 11.6. The molecule has 0 aliphatic carbocycles. The molecule has 104 valence electrons. The van der Waals surface area contributed by atoms with Gasteiger partial charge in [-0.25, -0.2) is 9.37 Å². The summed E-state index contributed by atoms with van der Waals surface area (Å²) in [5, 5.41) is 6.87. The summed E-state index contributed by atoms with van der Waals surface area (Å²) in [6.45, 7) is 6.81. The van der Waals surface area contributed by atoms with E-state index in [-0.39, 0.29) is 11.4 Å². The average molecular weight is 272 g/mol. The fraction of sp³-hybridized carbons (Fsp3) is 0.400. The summed E-state index contributed by atoms with van der Waals surface area (Å²) >= 11 is 0. The number of imidazole rings is 1. The Kier molecular flexibility index (Phi) is 2.27. The molecule has 0 amide bonds. The van der Waals surface area contributed by atoms with E-state index in [4.69, 9.17) is 4.98 Å². The van der Waals surface area contributed by atoms with E-state index in [0.29, 0.717) is 0 Å². The molecule has 4 nitrogen and oxygen atoms in total. The molecule has 1 aromatic carbocycles. The number of rotatable bonds is 0. The molecule has 3 heterocycles. The second-order valence-electron chi connectivity index (χ2n) is 5.99. The van der Waals surface area contributed by atoms with Crippen LogP contribution in [-0.4, -0.2) is 16.1 Å². The van der Waals surface area contributed by atoms with Crippen LogP contribution in [0.4, 0.5) is 10.2 Å². The highest BCUT2D eigenvalue weighted by Gasteiger charge is 2.35. The summed E-state index contributed by atoms with van der Waals surface area (Å²) in [7, 11) is 0. The van der Waals surface area contributed by atoms with E-state index in [2.05, 4.69) is 29.0 Å². The molecule has 5 heteroatoms. The Hall–Kier alpha value is -1.88. The van der Waals surface area contributed by atoms with Gasteiger partial charge in [-0.05, 0) is 37.6 Å². The van der Waals surface area contributed by atoms with Gasteiger partial charge in [-0.2, -0.15) is 0 Å². The predicted octanol–water partition coefficient (Wildman–Crippen LogP) is 2.45. The number of benzene rings is 1. The van der Waals surface area contributed by atoms with Crippen molar-refractivity contribution in [3.63, 3.8) is 0 Å². The first-order chi connectivity index (χ1) is 9.56. The van der Waals surface area contributed by atoms with Crippen LogP contribution < -0.4 is 10.6 Å². The van der Waals surface area contributed by atoms with E-state index in [1.807, 2.05) is 6.07 Å². The van der Waals surface area contributed by atoms with Crippen molar-refractivity contribution >= 4 is 5.82 Å². The van der Waals surface area contributed by atoms with E-state index in [0.717, 1.165) is 48.1 Å². The molecule has 4 rings (SSSR count). The largest absolute Gasteiger partial charge is 0.361 e. The van der Waals surface area contributed by atoms with Gasteiger partial charge in [0.05, 0.1) is 12.1 Å². The maximum absolute atomic E-state index is 13.6. The molecule has 0 saturated heterocycles. The molecule has 20 heavy (non-hydrogen) atoms. The SMILES string of the molecule is CC1(C)Nc2c(nc3n2CCNC3)-c2ccc(F)cc21. The molecule has 2 N–H and O–H groups in total. The highest BCUT2D eigenvalue weighted by Crippen LogP contribution is 2.43. The molecule has 0 radical (unpaired) electrons. The van der Waals surface area contributed by atoms with E-state index in [1.165, 1.54) is 6.07 Å². The van der Waals surface area contributed by atoms with Crippen LogP contribution in [-0.2, 0) is 18.6 Å². The van der Waals surface area contributed by atoms with Gasteiger partial charge in [0.2, 0.25) is 0 Å². The monoisotopic (exact) mass is 272 g/mol. The lowest BCUT2D eigenvalue weighted by Gasteiger charge is -2.35. The van der Waals surface area contributed by atoms with Crippen molar-refractivity contribution < 1.29 is 4.39 Å². The molecular weight excluding hydrogens is 255 g/mol. The number of hydrogen-bond acceptors (Lipinski definition) is 3. The Morgan fingerprint density at radius 3 is 3.05 bits per heavy atom. The summed E-state index contributed by atoms with van der Waals surface area (Å²) in [4.78, 5) is 4.74. The number of nitrogens with zero attached hydrogens (tertiary/aromatic N) is 2. The van der Waals surface area contributed by atoms with Crippen LogP contribution in [0.25, 0.3) is 11.3 Å². The van der Waals surface area contributed by atoms with Crippen LogP contribution in [0.1, 0.15) is 25.2 Å². The maximum atomic E-state index is 13.6. The van der Waals surface area contributed by atoms with Gasteiger partial charge in [-0.3, -0.25) is 0 Å². The van der Waals surface area contributed by atoms with Gasteiger partial charge in [0.1, 0.15) is 23.2 Å². The van der Waals surface area contributed by atoms with Gasteiger partial charge in [-0.1, -0.05) is 0 Å². The van der Waals surface area contributed by atoms with Crippen LogP contribution in [0.3, 0.4) is 0 Å². The number of fused-ring (bicyclic) bond motifs is 5. The molecule has 0 unspecified atom stereocenters. The Balaban J connectivity index is 1.99. The zero-order chi connectivity index (χ0) is 13.9. The lowest BCUT2D eigenvalue weighted by molar-refractivity contribution is 0.500. The first kappa shape index (κ1) is 11.9. The fourth-order valence-corrected chi connectivity index (χ4v) is 3.18. The number of nitrogens with one attached hydrogen (secondary N) is 2. The molecule has 0 fully saturated rings. The molecular formula is C15H17FN4. The van der Waals surface area contributed by atoms with E-state index in [9.17, 15) is 4.39 Å². The number of hydrogen-bond donors (Lipinski definition) is 2. The minimum Gasteiger partial charge on any atom is -0.361 e. The van der Waals surface area contributed by atoms with E-state index in [1.54, 1.807) is 6.07 Å². The van der Waals surface area contributed by atoms with Crippen LogP contribution in [0.5, 0.6) is 0 Å². The van der Waals surface area contributed by atoms with Gasteiger partial charge >= 0.3 is 0 Å². The zero-order valence-corrected chi connectivity index (χ0v) is 11.6. The Bertz CT molecular complexity index is 702. The Labute approximate surface area is 117 Å². The summed E-state index contributed by atoms with van der Waals surface area (Å²) in [5.74, 6) is 1.90. The molecule has 2 aromatic rings. The lowest BCUT2D eigenvalue weighted by atomic mass is 9.85. The molecule has 0 bridgehead atoms. The van der Waals surface area contributed by atoms with Crippen molar-refractivity contribution in [2.24, 2.45) is 0 Å². The van der Waals surface area contributed by atoms with Crippen LogP contribution in [0, 0.1) is 5.82 Å². The molecule has 2 aliphatic heterocycles. The van der Waals surface area contributed by atoms with Crippen LogP contribution in [0.15, 0.2) is 18.2 Å². The van der Waals surface area contributed by atoms with Crippen LogP contribution >= 0.6 is 0 Å². The number of halogens is 1. The minimum atomic E-state index is -0.299. The number of anilines is 1. The smallest absolute Gasteiger partial charge is 0.135 e. The standard InChI is InChI=1S/C15H17FN4/c1-15(2)11-7-9(16)3-4-10(11)13-14(19-15)20-6-5-17-8-12(20)18-13/h3-4,7,17,19H,5-6,8H2,1-2H3. The first-order valence-electron chi connectivity index (χ1n) is 6.95. The molecule has 1 aromatic heterocycles. The fourth-order valence-electron chi connectivity index (χ4n) is 3.18. The summed E-state index contributed by atoms with van der Waals surface area (Å²) in [5.41, 5.74) is 2.64. The van der Waals surface area contributed by atoms with Gasteiger partial charge in [0, 0.05) is 18.7 Å². The third-order valence-electron chi connectivity index (χ3n) is 4.18. The van der Waals surface area contributed by atoms with Gasteiger partial charge in [-0.15, -0.1) is 0 Å². The molecule has 0 atom stereocenters. The predicted molar refractivity (Wildman–Crippen MR) is 76.0 cm³/mol. The number of aromatic nitrogens is 2. The van der Waals surface area contributed by atoms with Crippen molar-refractivity contribution in [3.05, 3.63) is 35.4 Å². The summed E-state index contributed by atoms with van der Waals surface area (Å²) in [6, 6.07) is 4.97. The van der Waals surface area contributed by atoms with Crippen molar-refractivity contribution in [1.82, 2.24) is 14.9 Å². The molecule has 0 saturated carbocycles. The second kappa shape index (κ2) is 3.82. The first-order valence-corrected chi connectivity index (χ1v) is 6.95. The van der Waals surface area contributed by atoms with Gasteiger partial charge in [0.25, 0.3) is 0 Å². The third kappa shape index (κ3) is 1.53.